The number of carbonyl (C=O) groups is 2. The minimum atomic E-state index is -0.685. The van der Waals surface area contributed by atoms with Gasteiger partial charge in [0.05, 0.1) is 33.8 Å². The summed E-state index contributed by atoms with van der Waals surface area (Å²) in [6.07, 6.45) is 3.18. The Hall–Kier alpha value is -2.58. The number of aryl methyl sites for hydroxylation is 2. The summed E-state index contributed by atoms with van der Waals surface area (Å²) in [4.78, 5) is 35.9. The first-order valence-corrected chi connectivity index (χ1v) is 8.89. The fraction of sp³-hybridized carbons (Fsp3) is 0.333. The monoisotopic (exact) mass is 373 g/mol. The molecule has 0 saturated carbocycles. The van der Waals surface area contributed by atoms with Crippen LogP contribution in [-0.2, 0) is 9.53 Å². The van der Waals surface area contributed by atoms with Gasteiger partial charge in [-0.3, -0.25) is 14.6 Å². The molecule has 0 aromatic carbocycles. The number of carbonyl (C=O) groups excluding carboxylic acids is 2. The number of ether oxygens (including phenoxy) is 1. The third-order valence-corrected chi connectivity index (χ3v) is 5.29. The van der Waals surface area contributed by atoms with Gasteiger partial charge in [-0.1, -0.05) is 0 Å². The van der Waals surface area contributed by atoms with Gasteiger partial charge in [-0.2, -0.15) is 0 Å². The number of ketones is 1. The van der Waals surface area contributed by atoms with E-state index in [1.807, 2.05) is 6.92 Å². The lowest BCUT2D eigenvalue weighted by Gasteiger charge is -2.26. The third-order valence-electron chi connectivity index (χ3n) is 4.22. The maximum absolute atomic E-state index is 13.2. The molecular formula is C18H19N3O4S. The van der Waals surface area contributed by atoms with Crippen molar-refractivity contribution in [2.24, 2.45) is 0 Å². The molecule has 0 spiro atoms. The van der Waals surface area contributed by atoms with E-state index in [0.717, 1.165) is 5.01 Å². The van der Waals surface area contributed by atoms with Crippen molar-refractivity contribution in [3.8, 4) is 0 Å². The normalized spacial score (nSPS) is 17.3. The minimum Gasteiger partial charge on any atom is -0.503 e. The number of aromatic nitrogens is 2. The number of thiazole rings is 1. The molecule has 2 aromatic heterocycles. The summed E-state index contributed by atoms with van der Waals surface area (Å²) in [6.45, 7) is 4.10. The van der Waals surface area contributed by atoms with E-state index in [1.165, 1.54) is 23.3 Å². The molecule has 0 radical (unpaired) electrons. The molecular weight excluding hydrogens is 354 g/mol. The van der Waals surface area contributed by atoms with Crippen LogP contribution in [0.4, 0.5) is 0 Å². The van der Waals surface area contributed by atoms with Crippen LogP contribution in [0.1, 0.15) is 32.0 Å². The van der Waals surface area contributed by atoms with Gasteiger partial charge in [0.2, 0.25) is 5.78 Å². The number of rotatable bonds is 6. The van der Waals surface area contributed by atoms with Crippen LogP contribution in [0.3, 0.4) is 0 Å². The lowest BCUT2D eigenvalue weighted by atomic mass is 9.96. The van der Waals surface area contributed by atoms with Gasteiger partial charge >= 0.3 is 0 Å². The number of amides is 1. The van der Waals surface area contributed by atoms with Crippen LogP contribution in [0, 0.1) is 13.8 Å². The number of Topliss-reactive ketones (excluding diaryl/α,β-unsaturated/α-hetero) is 1. The van der Waals surface area contributed by atoms with Gasteiger partial charge < -0.3 is 14.7 Å². The number of nitrogens with zero attached hydrogens (tertiary/aromatic N) is 3. The summed E-state index contributed by atoms with van der Waals surface area (Å²) in [6, 6.07) is 2.78. The second kappa shape index (κ2) is 7.35. The molecule has 1 aliphatic heterocycles. The van der Waals surface area contributed by atoms with Gasteiger partial charge in [0.25, 0.3) is 5.91 Å². The van der Waals surface area contributed by atoms with Gasteiger partial charge in [-0.05, 0) is 31.5 Å². The Balaban J connectivity index is 2.09. The standard InChI is InChI=1S/C18H19N3O4S/c1-10-17(26-11(2)20-10)15(22)13-14(12-4-6-19-7-5-12)21(8-9-25-3)18(24)16(13)23/h4-7,14,23H,8-9H2,1-3H3. The largest absolute Gasteiger partial charge is 0.503 e. The lowest BCUT2D eigenvalue weighted by molar-refractivity contribution is -0.130. The van der Waals surface area contributed by atoms with Crippen molar-refractivity contribution in [1.82, 2.24) is 14.9 Å². The number of hydrogen-bond donors (Lipinski definition) is 1. The third kappa shape index (κ3) is 3.13. The van der Waals surface area contributed by atoms with E-state index in [-0.39, 0.29) is 17.9 Å². The number of aliphatic hydroxyl groups excluding tert-OH is 1. The Morgan fingerprint density at radius 3 is 2.62 bits per heavy atom. The molecule has 0 bridgehead atoms. The highest BCUT2D eigenvalue weighted by Gasteiger charge is 2.44. The predicted molar refractivity (Wildman–Crippen MR) is 96.1 cm³/mol. The molecule has 2 aromatic rings. The quantitative estimate of drug-likeness (QED) is 0.782. The van der Waals surface area contributed by atoms with Crippen LogP contribution in [0.25, 0.3) is 0 Å². The van der Waals surface area contributed by atoms with Crippen molar-refractivity contribution in [3.05, 3.63) is 57.0 Å². The molecule has 136 valence electrons. The SMILES string of the molecule is COCCN1C(=O)C(O)=C(C(=O)c2sc(C)nc2C)C1c1ccncc1. The molecule has 1 aliphatic rings. The summed E-state index contributed by atoms with van der Waals surface area (Å²) < 4.78 is 5.08. The van der Waals surface area contributed by atoms with Crippen molar-refractivity contribution in [3.63, 3.8) is 0 Å². The molecule has 1 atom stereocenters. The van der Waals surface area contributed by atoms with E-state index in [9.17, 15) is 14.7 Å². The second-order valence-corrected chi connectivity index (χ2v) is 7.12. The smallest absolute Gasteiger partial charge is 0.290 e. The zero-order valence-corrected chi connectivity index (χ0v) is 15.5. The fourth-order valence-electron chi connectivity index (χ4n) is 3.06. The predicted octanol–water partition coefficient (Wildman–Crippen LogP) is 2.38. The Morgan fingerprint density at radius 2 is 2.04 bits per heavy atom. The van der Waals surface area contributed by atoms with Gasteiger partial charge in [-0.15, -0.1) is 11.3 Å². The van der Waals surface area contributed by atoms with Crippen LogP contribution >= 0.6 is 11.3 Å². The minimum absolute atomic E-state index is 0.0732. The average molecular weight is 373 g/mol. The van der Waals surface area contributed by atoms with Crippen molar-refractivity contribution < 1.29 is 19.4 Å². The van der Waals surface area contributed by atoms with Crippen molar-refractivity contribution >= 4 is 23.0 Å². The number of methoxy groups -OCH3 is 1. The molecule has 3 heterocycles. The molecule has 1 unspecified atom stereocenters. The van der Waals surface area contributed by atoms with Crippen LogP contribution < -0.4 is 0 Å². The topological polar surface area (TPSA) is 92.6 Å². The van der Waals surface area contributed by atoms with Crippen LogP contribution in [0.15, 0.2) is 35.9 Å². The van der Waals surface area contributed by atoms with Crippen molar-refractivity contribution in [2.45, 2.75) is 19.9 Å². The van der Waals surface area contributed by atoms with Gasteiger partial charge in [0.1, 0.15) is 0 Å². The maximum Gasteiger partial charge on any atom is 0.290 e. The van der Waals surface area contributed by atoms with Crippen LogP contribution in [0.2, 0.25) is 0 Å². The second-order valence-electron chi connectivity index (χ2n) is 5.91. The first kappa shape index (κ1) is 18.2. The highest BCUT2D eigenvalue weighted by molar-refractivity contribution is 7.14. The summed E-state index contributed by atoms with van der Waals surface area (Å²) in [5.41, 5.74) is 1.37. The fourth-order valence-corrected chi connectivity index (χ4v) is 3.94. The number of aliphatic hydroxyl groups is 1. The van der Waals surface area contributed by atoms with E-state index in [2.05, 4.69) is 9.97 Å². The summed E-state index contributed by atoms with van der Waals surface area (Å²) >= 11 is 1.26. The first-order chi connectivity index (χ1) is 12.5. The maximum atomic E-state index is 13.2. The van der Waals surface area contributed by atoms with E-state index in [1.54, 1.807) is 31.5 Å². The molecule has 0 saturated heterocycles. The lowest BCUT2D eigenvalue weighted by Crippen LogP contribution is -2.34. The first-order valence-electron chi connectivity index (χ1n) is 8.07. The Bertz CT molecular complexity index is 876. The Kier molecular flexibility index (Phi) is 5.15. The highest BCUT2D eigenvalue weighted by Crippen LogP contribution is 2.39. The average Bonchev–Trinajstić information content (AvgIpc) is 3.10. The van der Waals surface area contributed by atoms with Crippen molar-refractivity contribution in [2.75, 3.05) is 20.3 Å². The Morgan fingerprint density at radius 1 is 1.35 bits per heavy atom. The van der Waals surface area contributed by atoms with Crippen molar-refractivity contribution in [1.29, 1.82) is 0 Å². The molecule has 1 amide bonds. The Labute approximate surface area is 155 Å². The van der Waals surface area contributed by atoms with Gasteiger partial charge in [0, 0.05) is 26.0 Å². The van der Waals surface area contributed by atoms with Crippen LogP contribution in [0.5, 0.6) is 0 Å². The van der Waals surface area contributed by atoms with E-state index in [0.29, 0.717) is 22.7 Å². The summed E-state index contributed by atoms with van der Waals surface area (Å²) in [5, 5.41) is 11.2. The van der Waals surface area contributed by atoms with E-state index < -0.39 is 17.7 Å². The molecule has 1 N–H and O–H groups in total. The summed E-state index contributed by atoms with van der Waals surface area (Å²) in [7, 11) is 1.53. The van der Waals surface area contributed by atoms with Gasteiger partial charge in [0.15, 0.2) is 5.76 Å². The zero-order valence-electron chi connectivity index (χ0n) is 14.7. The van der Waals surface area contributed by atoms with Crippen LogP contribution in [-0.4, -0.2) is 51.9 Å². The van der Waals surface area contributed by atoms with E-state index in [4.69, 9.17) is 4.74 Å². The summed E-state index contributed by atoms with van der Waals surface area (Å²) in [5.74, 6) is -1.47. The molecule has 0 fully saturated rings. The highest BCUT2D eigenvalue weighted by atomic mass is 32.1. The molecule has 8 heteroatoms. The molecule has 0 aliphatic carbocycles. The molecule has 7 nitrogen and oxygen atoms in total. The number of hydrogen-bond acceptors (Lipinski definition) is 7. The molecule has 26 heavy (non-hydrogen) atoms. The zero-order chi connectivity index (χ0) is 18.8. The molecule has 3 rings (SSSR count). The number of pyridine rings is 1. The van der Waals surface area contributed by atoms with Gasteiger partial charge in [-0.25, -0.2) is 4.98 Å². The van der Waals surface area contributed by atoms with E-state index >= 15 is 0 Å².